The Bertz CT molecular complexity index is 455. The van der Waals surface area contributed by atoms with Crippen LogP contribution < -0.4 is 5.73 Å². The Morgan fingerprint density at radius 3 is 2.12 bits per heavy atom. The minimum Gasteiger partial charge on any atom is -0.364 e. The number of halogens is 2. The van der Waals surface area contributed by atoms with E-state index in [2.05, 4.69) is 4.90 Å². The second-order valence-corrected chi connectivity index (χ2v) is 7.10. The number of piperazine rings is 1. The molecule has 3 fully saturated rings. The lowest BCUT2D eigenvalue weighted by Crippen LogP contribution is -2.53. The van der Waals surface area contributed by atoms with Gasteiger partial charge in [0.25, 0.3) is 5.91 Å². The number of rotatable bonds is 4. The van der Waals surface area contributed by atoms with Gasteiger partial charge in [-0.1, -0.05) is 0 Å². The summed E-state index contributed by atoms with van der Waals surface area (Å²) in [5, 5.41) is 0. The summed E-state index contributed by atoms with van der Waals surface area (Å²) in [6.07, 6.45) is 4.84. The first-order chi connectivity index (χ1) is 11.7. The zero-order valence-electron chi connectivity index (χ0n) is 15.3. The summed E-state index contributed by atoms with van der Waals surface area (Å²) in [5.74, 6) is 0.326. The molecule has 2 atom stereocenters. The molecule has 3 aliphatic heterocycles. The quantitative estimate of drug-likeness (QED) is 0.729. The van der Waals surface area contributed by atoms with Crippen molar-refractivity contribution in [2.75, 3.05) is 52.4 Å². The van der Waals surface area contributed by atoms with Crippen LogP contribution in [0.4, 0.5) is 0 Å². The first-order valence-corrected chi connectivity index (χ1v) is 9.32. The van der Waals surface area contributed by atoms with Crippen LogP contribution in [0, 0.1) is 0 Å². The second-order valence-electron chi connectivity index (χ2n) is 7.10. The van der Waals surface area contributed by atoms with Crippen LogP contribution in [0.1, 0.15) is 32.1 Å². The molecule has 7 nitrogen and oxygen atoms in total. The highest BCUT2D eigenvalue weighted by atomic mass is 35.5. The van der Waals surface area contributed by atoms with Gasteiger partial charge in [-0.2, -0.15) is 0 Å². The van der Waals surface area contributed by atoms with Gasteiger partial charge in [0, 0.05) is 45.8 Å². The molecule has 0 unspecified atom stereocenters. The van der Waals surface area contributed by atoms with Gasteiger partial charge in [0.1, 0.15) is 6.10 Å². The van der Waals surface area contributed by atoms with Crippen molar-refractivity contribution >= 4 is 36.6 Å². The third-order valence-electron chi connectivity index (χ3n) is 5.40. The SMILES string of the molecule is Cl.Cl.NC[C@H]1CC[C@@H](C(=O)N2CCN(CC(=O)N3CCCCC3)CC2)O1. The average molecular weight is 411 g/mol. The van der Waals surface area contributed by atoms with Crippen molar-refractivity contribution in [3.05, 3.63) is 0 Å². The molecule has 152 valence electrons. The van der Waals surface area contributed by atoms with Crippen LogP contribution in [0.2, 0.25) is 0 Å². The van der Waals surface area contributed by atoms with Crippen LogP contribution in [0.25, 0.3) is 0 Å². The molecular formula is C17H32Cl2N4O3. The summed E-state index contributed by atoms with van der Waals surface area (Å²) in [6.45, 7) is 5.65. The van der Waals surface area contributed by atoms with Crippen molar-refractivity contribution in [2.24, 2.45) is 5.73 Å². The number of piperidine rings is 1. The number of nitrogens with zero attached hydrogens (tertiary/aromatic N) is 3. The van der Waals surface area contributed by atoms with E-state index in [1.54, 1.807) is 0 Å². The molecule has 0 aromatic carbocycles. The highest BCUT2D eigenvalue weighted by Crippen LogP contribution is 2.21. The molecule has 0 aliphatic carbocycles. The molecule has 2 N–H and O–H groups in total. The van der Waals surface area contributed by atoms with E-state index in [-0.39, 0.29) is 48.8 Å². The minimum atomic E-state index is -0.319. The molecule has 0 saturated carbocycles. The second kappa shape index (κ2) is 11.3. The van der Waals surface area contributed by atoms with Gasteiger partial charge in [0.2, 0.25) is 5.91 Å². The van der Waals surface area contributed by atoms with Gasteiger partial charge < -0.3 is 20.3 Å². The van der Waals surface area contributed by atoms with E-state index in [1.807, 2.05) is 9.80 Å². The number of likely N-dealkylation sites (tertiary alicyclic amines) is 1. The molecule has 9 heteroatoms. The monoisotopic (exact) mass is 410 g/mol. The van der Waals surface area contributed by atoms with Crippen molar-refractivity contribution in [1.82, 2.24) is 14.7 Å². The Morgan fingerprint density at radius 1 is 0.885 bits per heavy atom. The molecule has 3 aliphatic rings. The zero-order valence-corrected chi connectivity index (χ0v) is 16.9. The first kappa shape index (κ1) is 23.4. The molecular weight excluding hydrogens is 379 g/mol. The number of ether oxygens (including phenoxy) is 1. The molecule has 3 rings (SSSR count). The van der Waals surface area contributed by atoms with E-state index >= 15 is 0 Å². The number of hydrogen-bond donors (Lipinski definition) is 1. The molecule has 3 heterocycles. The lowest BCUT2D eigenvalue weighted by molar-refractivity contribution is -0.145. The normalized spacial score (nSPS) is 26.8. The Morgan fingerprint density at radius 2 is 1.54 bits per heavy atom. The average Bonchev–Trinajstić information content (AvgIpc) is 3.11. The van der Waals surface area contributed by atoms with E-state index in [0.29, 0.717) is 26.2 Å². The van der Waals surface area contributed by atoms with Crippen molar-refractivity contribution < 1.29 is 14.3 Å². The zero-order chi connectivity index (χ0) is 16.9. The number of hydrogen-bond acceptors (Lipinski definition) is 5. The molecule has 3 saturated heterocycles. The van der Waals surface area contributed by atoms with Gasteiger partial charge in [0.05, 0.1) is 12.6 Å². The van der Waals surface area contributed by atoms with Crippen LogP contribution in [-0.4, -0.2) is 91.1 Å². The van der Waals surface area contributed by atoms with Crippen LogP contribution in [0.3, 0.4) is 0 Å². The molecule has 0 radical (unpaired) electrons. The highest BCUT2D eigenvalue weighted by molar-refractivity contribution is 5.85. The number of carbonyl (C=O) groups is 2. The highest BCUT2D eigenvalue weighted by Gasteiger charge is 2.34. The molecule has 0 aromatic heterocycles. The van der Waals surface area contributed by atoms with Gasteiger partial charge in [-0.15, -0.1) is 24.8 Å². The number of carbonyl (C=O) groups excluding carboxylic acids is 2. The summed E-state index contributed by atoms with van der Waals surface area (Å²) < 4.78 is 5.71. The van der Waals surface area contributed by atoms with Crippen molar-refractivity contribution in [2.45, 2.75) is 44.3 Å². The summed E-state index contributed by atoms with van der Waals surface area (Å²) in [7, 11) is 0. The Kier molecular flexibility index (Phi) is 10.2. The summed E-state index contributed by atoms with van der Waals surface area (Å²) >= 11 is 0. The lowest BCUT2D eigenvalue weighted by atomic mass is 10.1. The fourth-order valence-corrected chi connectivity index (χ4v) is 3.83. The molecule has 26 heavy (non-hydrogen) atoms. The third kappa shape index (κ3) is 5.96. The van der Waals surface area contributed by atoms with E-state index in [9.17, 15) is 9.59 Å². The van der Waals surface area contributed by atoms with E-state index in [4.69, 9.17) is 10.5 Å². The fraction of sp³-hybridized carbons (Fsp3) is 0.882. The Hall–Kier alpha value is -0.600. The molecule has 0 spiro atoms. The van der Waals surface area contributed by atoms with E-state index in [0.717, 1.165) is 51.9 Å². The van der Waals surface area contributed by atoms with Gasteiger partial charge >= 0.3 is 0 Å². The standard InChI is InChI=1S/C17H30N4O3.2ClH/c18-12-14-4-5-15(24-14)17(23)21-10-8-19(9-11-21)13-16(22)20-6-2-1-3-7-20;;/h14-15H,1-13,18H2;2*1H/t14-,15+;;/m1../s1. The predicted molar refractivity (Wildman–Crippen MR) is 105 cm³/mol. The van der Waals surface area contributed by atoms with Gasteiger partial charge in [-0.3, -0.25) is 14.5 Å². The third-order valence-corrected chi connectivity index (χ3v) is 5.40. The van der Waals surface area contributed by atoms with Gasteiger partial charge in [-0.25, -0.2) is 0 Å². The van der Waals surface area contributed by atoms with Crippen molar-refractivity contribution in [3.8, 4) is 0 Å². The fourth-order valence-electron chi connectivity index (χ4n) is 3.83. The maximum Gasteiger partial charge on any atom is 0.251 e. The van der Waals surface area contributed by atoms with Crippen LogP contribution in [0.5, 0.6) is 0 Å². The maximum atomic E-state index is 12.5. The summed E-state index contributed by atoms with van der Waals surface area (Å²) in [4.78, 5) is 30.9. The van der Waals surface area contributed by atoms with Crippen LogP contribution >= 0.6 is 24.8 Å². The Labute approximate surface area is 168 Å². The Balaban J connectivity index is 0.00000169. The predicted octanol–water partition coefficient (Wildman–Crippen LogP) is 0.493. The molecule has 0 bridgehead atoms. The summed E-state index contributed by atoms with van der Waals surface area (Å²) in [5.41, 5.74) is 5.61. The van der Waals surface area contributed by atoms with Crippen molar-refractivity contribution in [3.63, 3.8) is 0 Å². The largest absolute Gasteiger partial charge is 0.364 e. The van der Waals surface area contributed by atoms with Gasteiger partial charge in [-0.05, 0) is 32.1 Å². The molecule has 0 aromatic rings. The smallest absolute Gasteiger partial charge is 0.251 e. The molecule has 2 amide bonds. The topological polar surface area (TPSA) is 79.1 Å². The van der Waals surface area contributed by atoms with Crippen molar-refractivity contribution in [1.29, 1.82) is 0 Å². The van der Waals surface area contributed by atoms with E-state index in [1.165, 1.54) is 6.42 Å². The number of amides is 2. The van der Waals surface area contributed by atoms with Crippen LogP contribution in [0.15, 0.2) is 0 Å². The number of nitrogens with two attached hydrogens (primary N) is 1. The summed E-state index contributed by atoms with van der Waals surface area (Å²) in [6, 6.07) is 0. The lowest BCUT2D eigenvalue weighted by Gasteiger charge is -2.36. The minimum absolute atomic E-state index is 0. The maximum absolute atomic E-state index is 12.5. The first-order valence-electron chi connectivity index (χ1n) is 9.32. The van der Waals surface area contributed by atoms with E-state index < -0.39 is 0 Å². The van der Waals surface area contributed by atoms with Crippen LogP contribution in [-0.2, 0) is 14.3 Å². The van der Waals surface area contributed by atoms with Gasteiger partial charge in [0.15, 0.2) is 0 Å².